The molecule has 16 heavy (non-hydrogen) atoms. The van der Waals surface area contributed by atoms with E-state index in [4.69, 9.17) is 17.3 Å². The van der Waals surface area contributed by atoms with Gasteiger partial charge in [0.05, 0.1) is 16.2 Å². The molecule has 0 atom stereocenters. The number of imidazole rings is 2. The van der Waals surface area contributed by atoms with Gasteiger partial charge >= 0.3 is 0 Å². The molecule has 0 aliphatic carbocycles. The summed E-state index contributed by atoms with van der Waals surface area (Å²) in [6.07, 6.45) is 2.00. The average molecular weight is 235 g/mol. The largest absolute Gasteiger partial charge is 0.325 e. The van der Waals surface area contributed by atoms with Crippen molar-refractivity contribution in [3.05, 3.63) is 35.1 Å². The summed E-state index contributed by atoms with van der Waals surface area (Å²) >= 11 is 6.10. The number of fused-ring (bicyclic) bond motifs is 3. The number of hydrogen-bond acceptors (Lipinski definition) is 2. The van der Waals surface area contributed by atoms with E-state index in [1.54, 1.807) is 0 Å². The van der Waals surface area contributed by atoms with Crippen molar-refractivity contribution in [2.45, 2.75) is 6.54 Å². The predicted molar refractivity (Wildman–Crippen MR) is 64.6 cm³/mol. The number of hydrogen-bond donors (Lipinski definition) is 1. The second kappa shape index (κ2) is 3.23. The Labute approximate surface area is 97.2 Å². The fourth-order valence-corrected chi connectivity index (χ4v) is 2.20. The first-order valence-electron chi connectivity index (χ1n) is 5.03. The molecule has 0 amide bonds. The van der Waals surface area contributed by atoms with Gasteiger partial charge in [0.25, 0.3) is 0 Å². The van der Waals surface area contributed by atoms with Crippen molar-refractivity contribution in [2.75, 3.05) is 0 Å². The maximum atomic E-state index is 6.10. The maximum Gasteiger partial charge on any atom is 0.215 e. The molecular formula is C11H11ClN4. The molecule has 0 fully saturated rings. The van der Waals surface area contributed by atoms with Gasteiger partial charge < -0.3 is 10.3 Å². The summed E-state index contributed by atoms with van der Waals surface area (Å²) in [5.74, 6) is 0.864. The molecule has 0 saturated carbocycles. The Morgan fingerprint density at radius 3 is 3.00 bits per heavy atom. The third-order valence-corrected chi connectivity index (χ3v) is 3.18. The van der Waals surface area contributed by atoms with E-state index >= 15 is 0 Å². The minimum absolute atomic E-state index is 0.502. The number of nitrogens with zero attached hydrogens (tertiary/aromatic N) is 3. The molecule has 3 rings (SSSR count). The molecule has 4 nitrogen and oxygen atoms in total. The van der Waals surface area contributed by atoms with Gasteiger partial charge in [-0.2, -0.15) is 0 Å². The van der Waals surface area contributed by atoms with Crippen LogP contribution >= 0.6 is 11.6 Å². The van der Waals surface area contributed by atoms with Crippen LogP contribution in [0.5, 0.6) is 0 Å². The fraction of sp³-hybridized carbons (Fsp3) is 0.182. The monoisotopic (exact) mass is 234 g/mol. The highest BCUT2D eigenvalue weighted by molar-refractivity contribution is 6.35. The summed E-state index contributed by atoms with van der Waals surface area (Å²) in [5.41, 5.74) is 8.55. The molecule has 1 aromatic carbocycles. The van der Waals surface area contributed by atoms with Crippen LogP contribution in [0.1, 0.15) is 5.69 Å². The Morgan fingerprint density at radius 2 is 2.25 bits per heavy atom. The quantitative estimate of drug-likeness (QED) is 0.700. The number of aryl methyl sites for hydroxylation is 1. The standard InChI is InChI=1S/C11H11ClN4/c1-15-7(5-13)6-16-9-4-2-3-8(12)10(9)14-11(15)16/h2-4,6H,5,13H2,1H3. The van der Waals surface area contributed by atoms with Crippen molar-refractivity contribution < 1.29 is 0 Å². The summed E-state index contributed by atoms with van der Waals surface area (Å²) < 4.78 is 4.00. The number of para-hydroxylation sites is 1. The molecule has 3 aromatic rings. The average Bonchev–Trinajstić information content (AvgIpc) is 2.78. The number of halogens is 1. The lowest BCUT2D eigenvalue weighted by Gasteiger charge is -1.96. The smallest absolute Gasteiger partial charge is 0.215 e. The van der Waals surface area contributed by atoms with Crippen LogP contribution in [0.15, 0.2) is 24.4 Å². The van der Waals surface area contributed by atoms with Crippen LogP contribution in [0.3, 0.4) is 0 Å². The zero-order chi connectivity index (χ0) is 11.3. The third kappa shape index (κ3) is 1.11. The number of benzene rings is 1. The molecule has 0 spiro atoms. The van der Waals surface area contributed by atoms with Gasteiger partial charge in [0.15, 0.2) is 0 Å². The Morgan fingerprint density at radius 1 is 1.44 bits per heavy atom. The summed E-state index contributed by atoms with van der Waals surface area (Å²) in [7, 11) is 1.96. The SMILES string of the molecule is Cn1c(CN)cn2c3cccc(Cl)c3nc12. The first kappa shape index (κ1) is 9.69. The summed E-state index contributed by atoms with van der Waals surface area (Å²) in [6.45, 7) is 0.502. The van der Waals surface area contributed by atoms with Crippen molar-refractivity contribution in [2.24, 2.45) is 12.8 Å². The minimum atomic E-state index is 0.502. The molecule has 0 unspecified atom stereocenters. The van der Waals surface area contributed by atoms with Gasteiger partial charge in [0, 0.05) is 19.8 Å². The van der Waals surface area contributed by atoms with Crippen molar-refractivity contribution >= 4 is 28.4 Å². The molecule has 2 aromatic heterocycles. The van der Waals surface area contributed by atoms with Crippen LogP contribution in [-0.2, 0) is 13.6 Å². The zero-order valence-corrected chi connectivity index (χ0v) is 9.57. The zero-order valence-electron chi connectivity index (χ0n) is 8.81. The number of aromatic nitrogens is 3. The highest BCUT2D eigenvalue weighted by Gasteiger charge is 2.12. The van der Waals surface area contributed by atoms with Gasteiger partial charge in [0.2, 0.25) is 5.78 Å². The number of rotatable bonds is 1. The lowest BCUT2D eigenvalue weighted by molar-refractivity contribution is 0.840. The van der Waals surface area contributed by atoms with Crippen molar-refractivity contribution in [3.8, 4) is 0 Å². The van der Waals surface area contributed by atoms with Gasteiger partial charge in [-0.1, -0.05) is 17.7 Å². The molecule has 0 radical (unpaired) electrons. The van der Waals surface area contributed by atoms with E-state index < -0.39 is 0 Å². The van der Waals surface area contributed by atoms with Gasteiger partial charge in [-0.25, -0.2) is 4.98 Å². The second-order valence-electron chi connectivity index (χ2n) is 3.77. The van der Waals surface area contributed by atoms with Crippen LogP contribution in [0.4, 0.5) is 0 Å². The molecule has 0 saturated heterocycles. The topological polar surface area (TPSA) is 48.2 Å². The second-order valence-corrected chi connectivity index (χ2v) is 4.18. The Bertz CT molecular complexity index is 680. The fourth-order valence-electron chi connectivity index (χ4n) is 1.99. The minimum Gasteiger partial charge on any atom is -0.325 e. The first-order valence-corrected chi connectivity index (χ1v) is 5.41. The van der Waals surface area contributed by atoms with E-state index in [-0.39, 0.29) is 0 Å². The molecule has 2 N–H and O–H groups in total. The molecule has 82 valence electrons. The van der Waals surface area contributed by atoms with E-state index in [1.165, 1.54) is 0 Å². The van der Waals surface area contributed by atoms with Gasteiger partial charge in [-0.15, -0.1) is 0 Å². The molecule has 0 bridgehead atoms. The predicted octanol–water partition coefficient (Wildman–Crippen LogP) is 1.94. The van der Waals surface area contributed by atoms with Gasteiger partial charge in [0.1, 0.15) is 5.52 Å². The van der Waals surface area contributed by atoms with Crippen LogP contribution in [0.25, 0.3) is 16.8 Å². The van der Waals surface area contributed by atoms with Gasteiger partial charge in [-0.05, 0) is 12.1 Å². The van der Waals surface area contributed by atoms with E-state index in [9.17, 15) is 0 Å². The highest BCUT2D eigenvalue weighted by Crippen LogP contribution is 2.24. The summed E-state index contributed by atoms with van der Waals surface area (Å²) in [6, 6.07) is 5.77. The van der Waals surface area contributed by atoms with Crippen LogP contribution in [0.2, 0.25) is 5.02 Å². The van der Waals surface area contributed by atoms with Crippen LogP contribution in [0, 0.1) is 0 Å². The Kier molecular flexibility index (Phi) is 1.96. The third-order valence-electron chi connectivity index (χ3n) is 2.87. The molecular weight excluding hydrogens is 224 g/mol. The Balaban J connectivity index is 2.50. The van der Waals surface area contributed by atoms with E-state index in [0.29, 0.717) is 11.6 Å². The van der Waals surface area contributed by atoms with E-state index in [1.807, 2.05) is 40.4 Å². The lowest BCUT2D eigenvalue weighted by atomic mass is 10.3. The van der Waals surface area contributed by atoms with Crippen molar-refractivity contribution in [1.82, 2.24) is 14.0 Å². The van der Waals surface area contributed by atoms with E-state index in [2.05, 4.69) is 4.98 Å². The summed E-state index contributed by atoms with van der Waals surface area (Å²) in [4.78, 5) is 4.52. The molecule has 0 aliphatic rings. The number of nitrogens with two attached hydrogens (primary N) is 1. The summed E-state index contributed by atoms with van der Waals surface area (Å²) in [5, 5.41) is 0.676. The molecule has 2 heterocycles. The normalized spacial score (nSPS) is 11.7. The lowest BCUT2D eigenvalue weighted by Crippen LogP contribution is -2.02. The first-order chi connectivity index (χ1) is 7.72. The maximum absolute atomic E-state index is 6.10. The molecule has 5 heteroatoms. The van der Waals surface area contributed by atoms with Crippen LogP contribution < -0.4 is 5.73 Å². The van der Waals surface area contributed by atoms with Crippen molar-refractivity contribution in [3.63, 3.8) is 0 Å². The van der Waals surface area contributed by atoms with E-state index in [0.717, 1.165) is 22.5 Å². The molecule has 0 aliphatic heterocycles. The van der Waals surface area contributed by atoms with Gasteiger partial charge in [-0.3, -0.25) is 4.40 Å². The highest BCUT2D eigenvalue weighted by atomic mass is 35.5. The van der Waals surface area contributed by atoms with Crippen molar-refractivity contribution in [1.29, 1.82) is 0 Å². The van der Waals surface area contributed by atoms with Crippen LogP contribution in [-0.4, -0.2) is 14.0 Å². The Hall–Kier alpha value is -1.52.